The van der Waals surface area contributed by atoms with Gasteiger partial charge in [0.15, 0.2) is 0 Å². The number of rotatable bonds is 4. The number of aliphatic hydroxyl groups excluding tert-OH is 1. The second kappa shape index (κ2) is 6.92. The second-order valence-corrected chi connectivity index (χ2v) is 6.21. The molecule has 0 aliphatic heterocycles. The van der Waals surface area contributed by atoms with E-state index >= 15 is 0 Å². The van der Waals surface area contributed by atoms with E-state index in [0.29, 0.717) is 15.6 Å². The third kappa shape index (κ3) is 3.35. The lowest BCUT2D eigenvalue weighted by Gasteiger charge is -2.24. The molecule has 3 N–H and O–H groups in total. The summed E-state index contributed by atoms with van der Waals surface area (Å²) in [5.41, 5.74) is 7.29. The Kier molecular flexibility index (Phi) is 5.47. The molecular formula is C15H14BrCl2NO. The minimum absolute atomic E-state index is 0.247. The third-order valence-electron chi connectivity index (χ3n) is 3.20. The molecule has 0 amide bonds. The zero-order valence-corrected chi connectivity index (χ0v) is 13.7. The van der Waals surface area contributed by atoms with E-state index < -0.39 is 6.10 Å². The molecule has 0 spiro atoms. The zero-order chi connectivity index (χ0) is 14.7. The Morgan fingerprint density at radius 1 is 1.10 bits per heavy atom. The molecule has 0 bridgehead atoms. The molecule has 0 radical (unpaired) electrons. The van der Waals surface area contributed by atoms with Crippen LogP contribution < -0.4 is 5.73 Å². The van der Waals surface area contributed by atoms with Gasteiger partial charge in [0.1, 0.15) is 0 Å². The molecule has 2 rings (SSSR count). The molecule has 0 aliphatic rings. The third-order valence-corrected chi connectivity index (χ3v) is 4.35. The smallest absolute Gasteiger partial charge is 0.0872 e. The van der Waals surface area contributed by atoms with E-state index in [9.17, 15) is 5.11 Å². The van der Waals surface area contributed by atoms with Crippen molar-refractivity contribution in [2.24, 2.45) is 5.73 Å². The summed E-state index contributed by atoms with van der Waals surface area (Å²) in [5, 5.41) is 11.6. The van der Waals surface area contributed by atoms with Gasteiger partial charge in [-0.1, -0.05) is 57.3 Å². The number of aliphatic hydroxyl groups is 1. The van der Waals surface area contributed by atoms with Gasteiger partial charge in [-0.05, 0) is 35.4 Å². The fraction of sp³-hybridized carbons (Fsp3) is 0.200. The molecule has 106 valence electrons. The van der Waals surface area contributed by atoms with Crippen LogP contribution in [0.3, 0.4) is 0 Å². The normalized spacial score (nSPS) is 14.1. The van der Waals surface area contributed by atoms with E-state index in [1.807, 2.05) is 24.3 Å². The van der Waals surface area contributed by atoms with Crippen molar-refractivity contribution in [3.05, 3.63) is 68.1 Å². The molecule has 2 aromatic rings. The van der Waals surface area contributed by atoms with Gasteiger partial charge in [-0.15, -0.1) is 0 Å². The first-order valence-electron chi connectivity index (χ1n) is 6.12. The quantitative estimate of drug-likeness (QED) is 0.825. The maximum atomic E-state index is 10.6. The Morgan fingerprint density at radius 2 is 1.70 bits per heavy atom. The van der Waals surface area contributed by atoms with Crippen molar-refractivity contribution in [3.8, 4) is 0 Å². The zero-order valence-electron chi connectivity index (χ0n) is 10.6. The number of halogens is 3. The van der Waals surface area contributed by atoms with Crippen LogP contribution in [0.4, 0.5) is 0 Å². The van der Waals surface area contributed by atoms with Gasteiger partial charge >= 0.3 is 0 Å². The van der Waals surface area contributed by atoms with Gasteiger partial charge in [0.25, 0.3) is 0 Å². The van der Waals surface area contributed by atoms with E-state index in [2.05, 4.69) is 15.9 Å². The van der Waals surface area contributed by atoms with Crippen LogP contribution in [0.5, 0.6) is 0 Å². The fourth-order valence-electron chi connectivity index (χ4n) is 2.19. The Balaban J connectivity index is 2.42. The Hall–Kier alpha value is -0.580. The van der Waals surface area contributed by atoms with Crippen LogP contribution in [0.25, 0.3) is 0 Å². The van der Waals surface area contributed by atoms with E-state index in [4.69, 9.17) is 28.9 Å². The summed E-state index contributed by atoms with van der Waals surface area (Å²) in [4.78, 5) is 0. The van der Waals surface area contributed by atoms with E-state index in [-0.39, 0.29) is 12.5 Å². The van der Waals surface area contributed by atoms with Crippen LogP contribution in [0.1, 0.15) is 23.1 Å². The van der Waals surface area contributed by atoms with Crippen molar-refractivity contribution < 1.29 is 5.11 Å². The van der Waals surface area contributed by atoms with Crippen LogP contribution in [-0.2, 0) is 0 Å². The molecule has 0 saturated heterocycles. The van der Waals surface area contributed by atoms with Crippen LogP contribution in [0.2, 0.25) is 10.0 Å². The average Bonchev–Trinajstić information content (AvgIpc) is 2.42. The summed E-state index contributed by atoms with van der Waals surface area (Å²) < 4.78 is 0.898. The SMILES string of the molecule is NCC(c1c(Cl)cccc1Cl)C(O)c1cccc(Br)c1. The second-order valence-electron chi connectivity index (χ2n) is 4.48. The lowest BCUT2D eigenvalue weighted by atomic mass is 9.89. The Labute approximate surface area is 136 Å². The summed E-state index contributed by atoms with van der Waals surface area (Å²) in [5.74, 6) is -0.356. The lowest BCUT2D eigenvalue weighted by molar-refractivity contribution is 0.147. The first-order valence-corrected chi connectivity index (χ1v) is 7.67. The van der Waals surface area contributed by atoms with Crippen molar-refractivity contribution >= 4 is 39.1 Å². The van der Waals surface area contributed by atoms with Gasteiger partial charge in [0.05, 0.1) is 6.10 Å². The van der Waals surface area contributed by atoms with Crippen molar-refractivity contribution in [3.63, 3.8) is 0 Å². The molecule has 0 aliphatic carbocycles. The summed E-state index contributed by atoms with van der Waals surface area (Å²) in [7, 11) is 0. The van der Waals surface area contributed by atoms with Gasteiger partial charge in [-0.2, -0.15) is 0 Å². The van der Waals surface area contributed by atoms with Gasteiger partial charge in [0.2, 0.25) is 0 Å². The molecule has 2 aromatic carbocycles. The first-order chi connectivity index (χ1) is 9.54. The van der Waals surface area contributed by atoms with E-state index in [1.165, 1.54) is 0 Å². The molecule has 2 nitrogen and oxygen atoms in total. The molecular weight excluding hydrogens is 361 g/mol. The highest BCUT2D eigenvalue weighted by Gasteiger charge is 2.25. The largest absolute Gasteiger partial charge is 0.388 e. The van der Waals surface area contributed by atoms with Gasteiger partial charge < -0.3 is 10.8 Å². The minimum Gasteiger partial charge on any atom is -0.388 e. The van der Waals surface area contributed by atoms with Crippen LogP contribution in [0, 0.1) is 0 Å². The van der Waals surface area contributed by atoms with Crippen molar-refractivity contribution in [1.82, 2.24) is 0 Å². The average molecular weight is 375 g/mol. The van der Waals surface area contributed by atoms with Crippen molar-refractivity contribution in [2.45, 2.75) is 12.0 Å². The Morgan fingerprint density at radius 3 is 2.25 bits per heavy atom. The predicted octanol–water partition coefficient (Wildman–Crippen LogP) is 4.53. The molecule has 2 atom stereocenters. The van der Waals surface area contributed by atoms with Crippen molar-refractivity contribution in [1.29, 1.82) is 0 Å². The highest BCUT2D eigenvalue weighted by molar-refractivity contribution is 9.10. The summed E-state index contributed by atoms with van der Waals surface area (Å²) in [6, 6.07) is 12.7. The van der Waals surface area contributed by atoms with Crippen LogP contribution in [0.15, 0.2) is 46.9 Å². The van der Waals surface area contributed by atoms with Crippen LogP contribution >= 0.6 is 39.1 Å². The first kappa shape index (κ1) is 15.8. The van der Waals surface area contributed by atoms with Gasteiger partial charge in [0, 0.05) is 27.0 Å². The van der Waals surface area contributed by atoms with Crippen molar-refractivity contribution in [2.75, 3.05) is 6.54 Å². The minimum atomic E-state index is -0.769. The Bertz CT molecular complexity index is 586. The molecule has 5 heteroatoms. The molecule has 0 fully saturated rings. The topological polar surface area (TPSA) is 46.2 Å². The number of nitrogens with two attached hydrogens (primary N) is 1. The summed E-state index contributed by atoms with van der Waals surface area (Å²) in [6.45, 7) is 0.247. The highest BCUT2D eigenvalue weighted by Crippen LogP contribution is 2.38. The maximum absolute atomic E-state index is 10.6. The number of hydrogen-bond acceptors (Lipinski definition) is 2. The predicted molar refractivity (Wildman–Crippen MR) is 87.4 cm³/mol. The molecule has 2 unspecified atom stereocenters. The summed E-state index contributed by atoms with van der Waals surface area (Å²) >= 11 is 15.8. The highest BCUT2D eigenvalue weighted by atomic mass is 79.9. The fourth-order valence-corrected chi connectivity index (χ4v) is 3.29. The van der Waals surface area contributed by atoms with E-state index in [0.717, 1.165) is 10.0 Å². The number of hydrogen-bond donors (Lipinski definition) is 2. The monoisotopic (exact) mass is 373 g/mol. The lowest BCUT2D eigenvalue weighted by Crippen LogP contribution is -2.21. The molecule has 0 aromatic heterocycles. The number of benzene rings is 2. The molecule has 0 heterocycles. The molecule has 0 saturated carbocycles. The summed E-state index contributed by atoms with van der Waals surface area (Å²) in [6.07, 6.45) is -0.769. The van der Waals surface area contributed by atoms with Gasteiger partial charge in [-0.25, -0.2) is 0 Å². The van der Waals surface area contributed by atoms with Crippen LogP contribution in [-0.4, -0.2) is 11.7 Å². The molecule has 20 heavy (non-hydrogen) atoms. The maximum Gasteiger partial charge on any atom is 0.0872 e. The van der Waals surface area contributed by atoms with Gasteiger partial charge in [-0.3, -0.25) is 0 Å². The standard InChI is InChI=1S/C15H14BrCl2NO/c16-10-4-1-3-9(7-10)15(20)11(8-19)14-12(17)5-2-6-13(14)18/h1-7,11,15,20H,8,19H2. The van der Waals surface area contributed by atoms with E-state index in [1.54, 1.807) is 18.2 Å².